The molecule has 0 fully saturated rings. The lowest BCUT2D eigenvalue weighted by atomic mass is 10.0. The lowest BCUT2D eigenvalue weighted by molar-refractivity contribution is 0.799. The first-order valence-electron chi connectivity index (χ1n) is 6.96. The molecule has 0 bridgehead atoms. The highest BCUT2D eigenvalue weighted by Gasteiger charge is 2.07. The van der Waals surface area contributed by atoms with E-state index < -0.39 is 0 Å². The Morgan fingerprint density at radius 3 is 2.65 bits per heavy atom. The van der Waals surface area contributed by atoms with Gasteiger partial charge in [0.1, 0.15) is 5.82 Å². The van der Waals surface area contributed by atoms with Crippen molar-refractivity contribution in [3.8, 4) is 11.1 Å². The van der Waals surface area contributed by atoms with Crippen LogP contribution in [0.3, 0.4) is 0 Å². The Bertz CT molecular complexity index is 741. The number of fused-ring (bicyclic) bond motifs is 1. The summed E-state index contributed by atoms with van der Waals surface area (Å²) >= 11 is 0. The zero-order valence-corrected chi connectivity index (χ0v) is 11.9. The van der Waals surface area contributed by atoms with Gasteiger partial charge in [-0.3, -0.25) is 0 Å². The van der Waals surface area contributed by atoms with Crippen LogP contribution in [0.4, 0.5) is 0 Å². The number of hydrogen-bond donors (Lipinski definition) is 2. The Kier molecular flexibility index (Phi) is 3.28. The Morgan fingerprint density at radius 2 is 1.90 bits per heavy atom. The van der Waals surface area contributed by atoms with E-state index in [-0.39, 0.29) is 0 Å². The van der Waals surface area contributed by atoms with E-state index in [0.29, 0.717) is 12.5 Å². The van der Waals surface area contributed by atoms with Crippen molar-refractivity contribution in [1.29, 1.82) is 0 Å². The van der Waals surface area contributed by atoms with Gasteiger partial charge in [-0.2, -0.15) is 0 Å². The van der Waals surface area contributed by atoms with Gasteiger partial charge in [0, 0.05) is 12.5 Å². The molecule has 3 nitrogen and oxygen atoms in total. The Hall–Kier alpha value is -2.13. The summed E-state index contributed by atoms with van der Waals surface area (Å²) in [5.41, 5.74) is 11.3. The van der Waals surface area contributed by atoms with Gasteiger partial charge in [-0.1, -0.05) is 38.1 Å². The van der Waals surface area contributed by atoms with E-state index in [1.165, 1.54) is 11.1 Å². The van der Waals surface area contributed by atoms with Gasteiger partial charge in [0.2, 0.25) is 0 Å². The lowest BCUT2D eigenvalue weighted by Crippen LogP contribution is -1.95. The van der Waals surface area contributed by atoms with Crippen molar-refractivity contribution in [3.05, 3.63) is 53.9 Å². The topological polar surface area (TPSA) is 54.7 Å². The zero-order valence-electron chi connectivity index (χ0n) is 11.9. The van der Waals surface area contributed by atoms with Crippen molar-refractivity contribution >= 4 is 11.0 Å². The number of aromatic nitrogens is 2. The highest BCUT2D eigenvalue weighted by atomic mass is 14.9. The number of nitrogens with one attached hydrogen (secondary N) is 1. The molecule has 3 N–H and O–H groups in total. The summed E-state index contributed by atoms with van der Waals surface area (Å²) in [6.07, 6.45) is 0. The van der Waals surface area contributed by atoms with E-state index >= 15 is 0 Å². The number of hydrogen-bond acceptors (Lipinski definition) is 2. The normalized spacial score (nSPS) is 11.4. The van der Waals surface area contributed by atoms with Gasteiger partial charge in [0.15, 0.2) is 0 Å². The fourth-order valence-corrected chi connectivity index (χ4v) is 2.36. The summed E-state index contributed by atoms with van der Waals surface area (Å²) in [5, 5.41) is 0. The number of aromatic amines is 1. The molecule has 0 saturated heterocycles. The lowest BCUT2D eigenvalue weighted by Gasteiger charge is -2.04. The minimum atomic E-state index is 0.409. The molecule has 3 rings (SSSR count). The van der Waals surface area contributed by atoms with E-state index in [0.717, 1.165) is 22.4 Å². The Balaban J connectivity index is 2.07. The first-order chi connectivity index (χ1) is 9.67. The predicted molar refractivity (Wildman–Crippen MR) is 83.5 cm³/mol. The number of nitrogens with zero attached hydrogens (tertiary/aromatic N) is 1. The molecule has 2 aromatic carbocycles. The number of nitrogens with two attached hydrogens (primary N) is 1. The maximum atomic E-state index is 5.71. The number of benzene rings is 2. The van der Waals surface area contributed by atoms with Crippen molar-refractivity contribution in [3.63, 3.8) is 0 Å². The highest BCUT2D eigenvalue weighted by Crippen LogP contribution is 2.25. The molecular formula is C17H19N3. The molecule has 102 valence electrons. The minimum absolute atomic E-state index is 0.409. The largest absolute Gasteiger partial charge is 0.342 e. The third-order valence-corrected chi connectivity index (χ3v) is 3.54. The van der Waals surface area contributed by atoms with Crippen molar-refractivity contribution < 1.29 is 0 Å². The smallest absolute Gasteiger partial charge is 0.109 e. The second-order valence-corrected chi connectivity index (χ2v) is 5.41. The maximum Gasteiger partial charge on any atom is 0.109 e. The predicted octanol–water partition coefficient (Wildman–Crippen LogP) is 3.81. The number of rotatable bonds is 3. The third-order valence-electron chi connectivity index (χ3n) is 3.54. The molecule has 1 heterocycles. The van der Waals surface area contributed by atoms with E-state index in [1.807, 2.05) is 6.07 Å². The average Bonchev–Trinajstić information content (AvgIpc) is 2.90. The Morgan fingerprint density at radius 1 is 1.10 bits per heavy atom. The fourth-order valence-electron chi connectivity index (χ4n) is 2.36. The van der Waals surface area contributed by atoms with E-state index in [2.05, 4.69) is 60.2 Å². The molecule has 0 saturated carbocycles. The van der Waals surface area contributed by atoms with Gasteiger partial charge in [0.05, 0.1) is 11.0 Å². The zero-order chi connectivity index (χ0) is 14.1. The first-order valence-corrected chi connectivity index (χ1v) is 6.96. The standard InChI is InChI=1S/C17H19N3/c1-11(2)17-19-15-7-6-14(9-16(15)20-17)13-5-3-4-12(8-13)10-18/h3-9,11H,10,18H2,1-2H3,(H,19,20). The van der Waals surface area contributed by atoms with Crippen LogP contribution in [0.15, 0.2) is 42.5 Å². The molecule has 0 atom stereocenters. The molecule has 0 unspecified atom stereocenters. The summed E-state index contributed by atoms with van der Waals surface area (Å²) in [6.45, 7) is 4.85. The van der Waals surface area contributed by atoms with Gasteiger partial charge < -0.3 is 10.7 Å². The molecule has 0 aliphatic heterocycles. The summed E-state index contributed by atoms with van der Waals surface area (Å²) < 4.78 is 0. The van der Waals surface area contributed by atoms with Gasteiger partial charge in [-0.05, 0) is 34.9 Å². The van der Waals surface area contributed by atoms with Crippen molar-refractivity contribution in [1.82, 2.24) is 9.97 Å². The first kappa shape index (κ1) is 12.9. The van der Waals surface area contributed by atoms with Crippen LogP contribution in [0.5, 0.6) is 0 Å². The monoisotopic (exact) mass is 265 g/mol. The van der Waals surface area contributed by atoms with Crippen LogP contribution in [0.25, 0.3) is 22.2 Å². The summed E-state index contributed by atoms with van der Waals surface area (Å²) in [5.74, 6) is 1.44. The number of H-pyrrole nitrogens is 1. The van der Waals surface area contributed by atoms with Gasteiger partial charge in [-0.15, -0.1) is 0 Å². The summed E-state index contributed by atoms with van der Waals surface area (Å²) in [7, 11) is 0. The second kappa shape index (κ2) is 5.10. The van der Waals surface area contributed by atoms with Crippen LogP contribution in [-0.4, -0.2) is 9.97 Å². The van der Waals surface area contributed by atoms with E-state index in [4.69, 9.17) is 5.73 Å². The molecule has 3 heteroatoms. The highest BCUT2D eigenvalue weighted by molar-refractivity contribution is 5.82. The number of imidazole rings is 1. The summed E-state index contributed by atoms with van der Waals surface area (Å²) in [6, 6.07) is 14.7. The van der Waals surface area contributed by atoms with E-state index in [1.54, 1.807) is 0 Å². The second-order valence-electron chi connectivity index (χ2n) is 5.41. The average molecular weight is 265 g/mol. The van der Waals surface area contributed by atoms with Crippen LogP contribution in [-0.2, 0) is 6.54 Å². The maximum absolute atomic E-state index is 5.71. The third kappa shape index (κ3) is 2.32. The molecule has 20 heavy (non-hydrogen) atoms. The van der Waals surface area contributed by atoms with Crippen LogP contribution in [0, 0.1) is 0 Å². The van der Waals surface area contributed by atoms with Crippen LogP contribution < -0.4 is 5.73 Å². The quantitative estimate of drug-likeness (QED) is 0.756. The summed E-state index contributed by atoms with van der Waals surface area (Å²) in [4.78, 5) is 8.00. The van der Waals surface area contributed by atoms with E-state index in [9.17, 15) is 0 Å². The van der Waals surface area contributed by atoms with Crippen LogP contribution in [0.2, 0.25) is 0 Å². The van der Waals surface area contributed by atoms with Crippen molar-refractivity contribution in [2.75, 3.05) is 0 Å². The Labute approximate surface area is 118 Å². The van der Waals surface area contributed by atoms with Crippen LogP contribution >= 0.6 is 0 Å². The molecular weight excluding hydrogens is 246 g/mol. The molecule has 0 radical (unpaired) electrons. The minimum Gasteiger partial charge on any atom is -0.342 e. The van der Waals surface area contributed by atoms with Crippen molar-refractivity contribution in [2.24, 2.45) is 5.73 Å². The molecule has 1 aromatic heterocycles. The molecule has 0 aliphatic rings. The molecule has 0 spiro atoms. The van der Waals surface area contributed by atoms with Gasteiger partial charge in [-0.25, -0.2) is 4.98 Å². The van der Waals surface area contributed by atoms with Gasteiger partial charge in [0.25, 0.3) is 0 Å². The molecule has 0 aliphatic carbocycles. The van der Waals surface area contributed by atoms with Gasteiger partial charge >= 0.3 is 0 Å². The molecule has 0 amide bonds. The molecule has 3 aromatic rings. The fraction of sp³-hybridized carbons (Fsp3) is 0.235. The SMILES string of the molecule is CC(C)c1nc2ccc(-c3cccc(CN)c3)cc2[nH]1. The van der Waals surface area contributed by atoms with Crippen molar-refractivity contribution in [2.45, 2.75) is 26.3 Å². The van der Waals surface area contributed by atoms with Crippen LogP contribution in [0.1, 0.15) is 31.2 Å².